The van der Waals surface area contributed by atoms with Gasteiger partial charge in [-0.2, -0.15) is 0 Å². The molecule has 3 N–H and O–H groups in total. The lowest BCUT2D eigenvalue weighted by Gasteiger charge is -2.10. The first-order valence-corrected chi connectivity index (χ1v) is 8.72. The first kappa shape index (κ1) is 17.2. The monoisotopic (exact) mass is 336 g/mol. The van der Waals surface area contributed by atoms with Gasteiger partial charge < -0.3 is 15.8 Å². The molecular formula is C20H24N4O. The van der Waals surface area contributed by atoms with Crippen LogP contribution in [-0.4, -0.2) is 29.7 Å². The number of benzene rings is 2. The second-order valence-corrected chi connectivity index (χ2v) is 5.91. The number of hydrogen-bond donors (Lipinski definition) is 2. The van der Waals surface area contributed by atoms with E-state index in [1.54, 1.807) is 6.33 Å². The van der Waals surface area contributed by atoms with E-state index in [1.165, 1.54) is 5.56 Å². The van der Waals surface area contributed by atoms with Crippen LogP contribution in [0, 0.1) is 0 Å². The summed E-state index contributed by atoms with van der Waals surface area (Å²) in [4.78, 5) is 8.73. The average Bonchev–Trinajstić information content (AvgIpc) is 2.66. The summed E-state index contributed by atoms with van der Waals surface area (Å²) in [5, 5.41) is 4.43. The minimum atomic E-state index is 0.623. The smallest absolute Gasteiger partial charge is 0.137 e. The summed E-state index contributed by atoms with van der Waals surface area (Å²) in [6.45, 7) is 2.13. The second-order valence-electron chi connectivity index (χ2n) is 5.91. The molecule has 0 saturated heterocycles. The highest BCUT2D eigenvalue weighted by Gasteiger charge is 2.05. The van der Waals surface area contributed by atoms with Crippen LogP contribution in [0.2, 0.25) is 0 Å². The topological polar surface area (TPSA) is 73.1 Å². The SMILES string of the molecule is NCCCOc1ccc2c(NCCCc3ccccc3)ncnc2c1. The Morgan fingerprint density at radius 1 is 1.00 bits per heavy atom. The van der Waals surface area contributed by atoms with Crippen molar-refractivity contribution in [1.29, 1.82) is 0 Å². The van der Waals surface area contributed by atoms with Gasteiger partial charge >= 0.3 is 0 Å². The van der Waals surface area contributed by atoms with Crippen molar-refractivity contribution in [2.24, 2.45) is 5.73 Å². The van der Waals surface area contributed by atoms with Crippen LogP contribution in [0.25, 0.3) is 10.9 Å². The Balaban J connectivity index is 1.59. The Hall–Kier alpha value is -2.66. The van der Waals surface area contributed by atoms with Crippen molar-refractivity contribution in [3.8, 4) is 5.75 Å². The van der Waals surface area contributed by atoms with E-state index in [1.807, 2.05) is 24.3 Å². The van der Waals surface area contributed by atoms with Crippen molar-refractivity contribution >= 4 is 16.7 Å². The fourth-order valence-electron chi connectivity index (χ4n) is 2.68. The molecule has 5 nitrogen and oxygen atoms in total. The molecule has 5 heteroatoms. The Morgan fingerprint density at radius 2 is 1.88 bits per heavy atom. The highest BCUT2D eigenvalue weighted by atomic mass is 16.5. The fourth-order valence-corrected chi connectivity index (χ4v) is 2.68. The van der Waals surface area contributed by atoms with Gasteiger partial charge in [0.2, 0.25) is 0 Å². The van der Waals surface area contributed by atoms with Gasteiger partial charge in [0.1, 0.15) is 17.9 Å². The fraction of sp³-hybridized carbons (Fsp3) is 0.300. The number of fused-ring (bicyclic) bond motifs is 1. The zero-order valence-corrected chi connectivity index (χ0v) is 14.3. The molecule has 0 atom stereocenters. The number of ether oxygens (including phenoxy) is 1. The lowest BCUT2D eigenvalue weighted by Crippen LogP contribution is -2.07. The molecule has 0 spiro atoms. The molecule has 130 valence electrons. The molecule has 2 aromatic carbocycles. The summed E-state index contributed by atoms with van der Waals surface area (Å²) in [7, 11) is 0. The van der Waals surface area contributed by atoms with Crippen molar-refractivity contribution < 1.29 is 4.74 Å². The van der Waals surface area contributed by atoms with Crippen molar-refractivity contribution in [1.82, 2.24) is 9.97 Å². The summed E-state index contributed by atoms with van der Waals surface area (Å²) in [5.41, 5.74) is 7.73. The predicted molar refractivity (Wildman–Crippen MR) is 102 cm³/mol. The third kappa shape index (κ3) is 4.90. The zero-order valence-electron chi connectivity index (χ0n) is 14.3. The van der Waals surface area contributed by atoms with Crippen molar-refractivity contribution in [3.63, 3.8) is 0 Å². The van der Waals surface area contributed by atoms with E-state index >= 15 is 0 Å². The number of nitrogens with two attached hydrogens (primary N) is 1. The van der Waals surface area contributed by atoms with Gasteiger partial charge in [0.15, 0.2) is 0 Å². The Bertz CT molecular complexity index is 792. The largest absolute Gasteiger partial charge is 0.493 e. The van der Waals surface area contributed by atoms with Gasteiger partial charge in [-0.1, -0.05) is 30.3 Å². The van der Waals surface area contributed by atoms with Gasteiger partial charge in [-0.3, -0.25) is 0 Å². The van der Waals surface area contributed by atoms with Crippen LogP contribution < -0.4 is 15.8 Å². The minimum absolute atomic E-state index is 0.623. The first-order valence-electron chi connectivity index (χ1n) is 8.72. The van der Waals surface area contributed by atoms with E-state index in [-0.39, 0.29) is 0 Å². The summed E-state index contributed by atoms with van der Waals surface area (Å²) >= 11 is 0. The third-order valence-corrected chi connectivity index (χ3v) is 4.00. The van der Waals surface area contributed by atoms with E-state index in [2.05, 4.69) is 39.6 Å². The number of nitrogens with one attached hydrogen (secondary N) is 1. The highest BCUT2D eigenvalue weighted by molar-refractivity contribution is 5.89. The Kier molecular flexibility index (Phi) is 6.17. The maximum absolute atomic E-state index is 5.68. The molecule has 0 radical (unpaired) electrons. The van der Waals surface area contributed by atoms with Crippen molar-refractivity contribution in [3.05, 3.63) is 60.4 Å². The molecule has 0 aliphatic heterocycles. The second kappa shape index (κ2) is 8.99. The molecule has 1 heterocycles. The number of aryl methyl sites for hydroxylation is 1. The number of rotatable bonds is 9. The van der Waals surface area contributed by atoms with Gasteiger partial charge in [-0.05, 0) is 43.5 Å². The average molecular weight is 336 g/mol. The van der Waals surface area contributed by atoms with Crippen LogP contribution in [0.1, 0.15) is 18.4 Å². The van der Waals surface area contributed by atoms with E-state index < -0.39 is 0 Å². The molecule has 0 fully saturated rings. The van der Waals surface area contributed by atoms with E-state index in [0.29, 0.717) is 13.2 Å². The molecular weight excluding hydrogens is 312 g/mol. The Labute approximate surface area is 148 Å². The minimum Gasteiger partial charge on any atom is -0.493 e. The molecule has 0 aliphatic carbocycles. The van der Waals surface area contributed by atoms with E-state index in [4.69, 9.17) is 10.5 Å². The predicted octanol–water partition coefficient (Wildman–Crippen LogP) is 3.40. The number of aromatic nitrogens is 2. The molecule has 3 aromatic rings. The first-order chi connectivity index (χ1) is 12.4. The summed E-state index contributed by atoms with van der Waals surface area (Å²) in [5.74, 6) is 1.68. The van der Waals surface area contributed by atoms with E-state index in [9.17, 15) is 0 Å². The maximum atomic E-state index is 5.68. The van der Waals surface area contributed by atoms with Crippen molar-refractivity contribution in [2.45, 2.75) is 19.3 Å². The Morgan fingerprint density at radius 3 is 2.72 bits per heavy atom. The molecule has 0 aliphatic rings. The molecule has 0 bridgehead atoms. The van der Waals surface area contributed by atoms with Crippen LogP contribution in [0.5, 0.6) is 5.75 Å². The third-order valence-electron chi connectivity index (χ3n) is 4.00. The zero-order chi connectivity index (χ0) is 17.3. The summed E-state index contributed by atoms with van der Waals surface area (Å²) < 4.78 is 5.68. The van der Waals surface area contributed by atoms with Crippen LogP contribution >= 0.6 is 0 Å². The maximum Gasteiger partial charge on any atom is 0.137 e. The van der Waals surface area contributed by atoms with Crippen molar-refractivity contribution in [2.75, 3.05) is 25.0 Å². The van der Waals surface area contributed by atoms with Crippen LogP contribution in [-0.2, 0) is 6.42 Å². The molecule has 0 amide bonds. The molecule has 0 saturated carbocycles. The number of hydrogen-bond acceptors (Lipinski definition) is 5. The van der Waals surface area contributed by atoms with Gasteiger partial charge in [0, 0.05) is 18.0 Å². The molecule has 3 rings (SSSR count). The van der Waals surface area contributed by atoms with Crippen LogP contribution in [0.4, 0.5) is 5.82 Å². The van der Waals surface area contributed by atoms with Gasteiger partial charge in [0.25, 0.3) is 0 Å². The summed E-state index contributed by atoms with van der Waals surface area (Å²) in [6, 6.07) is 16.4. The highest BCUT2D eigenvalue weighted by Crippen LogP contribution is 2.24. The molecule has 25 heavy (non-hydrogen) atoms. The number of anilines is 1. The molecule has 0 unspecified atom stereocenters. The van der Waals surface area contributed by atoms with Crippen LogP contribution in [0.3, 0.4) is 0 Å². The van der Waals surface area contributed by atoms with Gasteiger partial charge in [-0.15, -0.1) is 0 Å². The molecule has 1 aromatic heterocycles. The lowest BCUT2D eigenvalue weighted by atomic mass is 10.1. The standard InChI is InChI=1S/C20H24N4O/c21-11-5-13-25-17-9-10-18-19(14-17)23-15-24-20(18)22-12-4-8-16-6-2-1-3-7-16/h1-3,6-7,9-10,14-15H,4-5,8,11-13,21H2,(H,22,23,24). The van der Waals surface area contributed by atoms with Crippen LogP contribution in [0.15, 0.2) is 54.9 Å². The normalized spacial score (nSPS) is 10.8. The number of nitrogens with zero attached hydrogens (tertiary/aromatic N) is 2. The summed E-state index contributed by atoms with van der Waals surface area (Å²) in [6.07, 6.45) is 4.54. The van der Waals surface area contributed by atoms with Gasteiger partial charge in [0.05, 0.1) is 12.1 Å². The lowest BCUT2D eigenvalue weighted by molar-refractivity contribution is 0.314. The van der Waals surface area contributed by atoms with Gasteiger partial charge in [-0.25, -0.2) is 9.97 Å². The quantitative estimate of drug-likeness (QED) is 0.586. The van der Waals surface area contributed by atoms with E-state index in [0.717, 1.165) is 48.3 Å².